The number of aromatic nitrogens is 2. The molecule has 0 unspecified atom stereocenters. The van der Waals surface area contributed by atoms with Crippen molar-refractivity contribution in [3.05, 3.63) is 83.8 Å². The molecule has 0 saturated carbocycles. The third-order valence-electron chi connectivity index (χ3n) is 4.96. The Hall–Kier alpha value is -3.30. The van der Waals surface area contributed by atoms with Gasteiger partial charge in [-0.15, -0.1) is 0 Å². The van der Waals surface area contributed by atoms with E-state index in [0.717, 1.165) is 23.1 Å². The Labute approximate surface area is 178 Å². The number of rotatable bonds is 6. The molecule has 0 aliphatic heterocycles. The first kappa shape index (κ1) is 21.0. The number of anilines is 2. The van der Waals surface area contributed by atoms with Crippen molar-refractivity contribution >= 4 is 32.3 Å². The van der Waals surface area contributed by atoms with Crippen LogP contribution in [0.5, 0.6) is 0 Å². The lowest BCUT2D eigenvalue weighted by atomic mass is 10.1. The van der Waals surface area contributed by atoms with Gasteiger partial charge in [0.1, 0.15) is 4.90 Å². The molecule has 0 spiro atoms. The van der Waals surface area contributed by atoms with Crippen LogP contribution in [0.4, 0.5) is 20.2 Å². The monoisotopic (exact) mass is 442 g/mol. The quantitative estimate of drug-likeness (QED) is 0.465. The predicted octanol–water partition coefficient (Wildman–Crippen LogP) is 4.32. The van der Waals surface area contributed by atoms with E-state index in [9.17, 15) is 17.2 Å². The number of aryl methyl sites for hydroxylation is 1. The summed E-state index contributed by atoms with van der Waals surface area (Å²) in [4.78, 5) is 3.98. The summed E-state index contributed by atoms with van der Waals surface area (Å²) in [5.41, 5.74) is 2.72. The molecular formula is C22H20F2N4O2S. The second kappa shape index (κ2) is 8.09. The van der Waals surface area contributed by atoms with Gasteiger partial charge < -0.3 is 10.6 Å². The van der Waals surface area contributed by atoms with E-state index in [2.05, 4.69) is 15.6 Å². The van der Waals surface area contributed by atoms with E-state index in [1.807, 2.05) is 0 Å². The predicted molar refractivity (Wildman–Crippen MR) is 116 cm³/mol. The van der Waals surface area contributed by atoms with Crippen molar-refractivity contribution in [3.63, 3.8) is 0 Å². The van der Waals surface area contributed by atoms with Gasteiger partial charge in [-0.1, -0.05) is 6.07 Å². The molecule has 9 heteroatoms. The van der Waals surface area contributed by atoms with E-state index >= 15 is 0 Å². The molecule has 0 aliphatic carbocycles. The second-order valence-corrected chi connectivity index (χ2v) is 8.93. The van der Waals surface area contributed by atoms with Gasteiger partial charge in [0.25, 0.3) is 10.0 Å². The van der Waals surface area contributed by atoms with Gasteiger partial charge in [0, 0.05) is 48.0 Å². The largest absolute Gasteiger partial charge is 0.355 e. The Morgan fingerprint density at radius 3 is 2.58 bits per heavy atom. The van der Waals surface area contributed by atoms with Crippen LogP contribution in [-0.2, 0) is 16.6 Å². The lowest BCUT2D eigenvalue weighted by molar-refractivity contribution is 0.508. The van der Waals surface area contributed by atoms with Gasteiger partial charge in [-0.05, 0) is 55.4 Å². The fourth-order valence-corrected chi connectivity index (χ4v) is 4.77. The van der Waals surface area contributed by atoms with Gasteiger partial charge in [0.15, 0.2) is 11.6 Å². The van der Waals surface area contributed by atoms with Crippen LogP contribution in [-0.4, -0.2) is 24.4 Å². The molecule has 4 rings (SSSR count). The first-order valence-electron chi connectivity index (χ1n) is 9.48. The third-order valence-corrected chi connectivity index (χ3v) is 6.62. The van der Waals surface area contributed by atoms with E-state index in [-0.39, 0.29) is 4.90 Å². The fourth-order valence-electron chi connectivity index (χ4n) is 3.42. The Bertz CT molecular complexity index is 1370. The number of halogens is 2. The summed E-state index contributed by atoms with van der Waals surface area (Å²) < 4.78 is 54.9. The van der Waals surface area contributed by atoms with E-state index < -0.39 is 21.7 Å². The number of pyridine rings is 1. The summed E-state index contributed by atoms with van der Waals surface area (Å²) in [5.74, 6) is -1.89. The number of nitrogens with one attached hydrogen (secondary N) is 2. The number of fused-ring (bicyclic) bond motifs is 1. The summed E-state index contributed by atoms with van der Waals surface area (Å²) in [7, 11) is -2.11. The first-order valence-corrected chi connectivity index (χ1v) is 10.9. The highest BCUT2D eigenvalue weighted by molar-refractivity contribution is 7.90. The van der Waals surface area contributed by atoms with Crippen molar-refractivity contribution in [2.75, 3.05) is 12.4 Å². The van der Waals surface area contributed by atoms with Crippen LogP contribution in [0.2, 0.25) is 0 Å². The van der Waals surface area contributed by atoms with Gasteiger partial charge in [-0.25, -0.2) is 21.2 Å². The zero-order chi connectivity index (χ0) is 22.2. The number of hydrogen-bond donors (Lipinski definition) is 2. The molecule has 31 heavy (non-hydrogen) atoms. The Morgan fingerprint density at radius 1 is 1.10 bits per heavy atom. The van der Waals surface area contributed by atoms with Crippen LogP contribution in [0.1, 0.15) is 11.1 Å². The molecule has 0 radical (unpaired) electrons. The summed E-state index contributed by atoms with van der Waals surface area (Å²) in [6.07, 6.45) is 4.38. The van der Waals surface area contributed by atoms with Crippen LogP contribution in [0, 0.1) is 18.6 Å². The average molecular weight is 442 g/mol. The Kier molecular flexibility index (Phi) is 5.47. The molecule has 0 atom stereocenters. The summed E-state index contributed by atoms with van der Waals surface area (Å²) in [6.45, 7) is 2.13. The molecule has 0 aliphatic rings. The highest BCUT2D eigenvalue weighted by atomic mass is 32.2. The highest BCUT2D eigenvalue weighted by Gasteiger charge is 2.21. The standard InChI is InChI=1S/C22H20F2N4O2S/c1-14-8-19(23)20(24)10-21(14)27-16-5-6-18-15(11-25-2)13-28(22(18)9-16)31(29,30)17-4-3-7-26-12-17/h3-10,12-13,25,27H,11H2,1-2H3. The lowest BCUT2D eigenvalue weighted by Gasteiger charge is -2.12. The zero-order valence-corrected chi connectivity index (χ0v) is 17.7. The second-order valence-electron chi connectivity index (χ2n) is 7.11. The number of hydrogen-bond acceptors (Lipinski definition) is 5. The molecule has 2 heterocycles. The molecular weight excluding hydrogens is 422 g/mol. The van der Waals surface area contributed by atoms with Gasteiger partial charge in [-0.2, -0.15) is 0 Å². The minimum absolute atomic E-state index is 0.0673. The molecule has 6 nitrogen and oxygen atoms in total. The molecule has 4 aromatic rings. The molecule has 0 saturated heterocycles. The van der Waals surface area contributed by atoms with Crippen molar-refractivity contribution in [1.29, 1.82) is 0 Å². The van der Waals surface area contributed by atoms with Crippen LogP contribution in [0.25, 0.3) is 10.9 Å². The Balaban J connectivity index is 1.85. The normalized spacial score (nSPS) is 11.7. The van der Waals surface area contributed by atoms with Crippen LogP contribution >= 0.6 is 0 Å². The summed E-state index contributed by atoms with van der Waals surface area (Å²) >= 11 is 0. The van der Waals surface area contributed by atoms with Crippen LogP contribution < -0.4 is 10.6 Å². The molecule has 2 N–H and O–H groups in total. The lowest BCUT2D eigenvalue weighted by Crippen LogP contribution is -2.12. The van der Waals surface area contributed by atoms with Crippen molar-refractivity contribution in [3.8, 4) is 0 Å². The van der Waals surface area contributed by atoms with Crippen molar-refractivity contribution < 1.29 is 17.2 Å². The van der Waals surface area contributed by atoms with Gasteiger partial charge in [0.05, 0.1) is 5.52 Å². The minimum Gasteiger partial charge on any atom is -0.355 e. The highest BCUT2D eigenvalue weighted by Crippen LogP contribution is 2.30. The maximum atomic E-state index is 13.7. The van der Waals surface area contributed by atoms with Gasteiger partial charge in [0.2, 0.25) is 0 Å². The summed E-state index contributed by atoms with van der Waals surface area (Å²) in [5, 5.41) is 6.85. The summed E-state index contributed by atoms with van der Waals surface area (Å²) in [6, 6.07) is 10.5. The minimum atomic E-state index is -3.88. The topological polar surface area (TPSA) is 76.0 Å². The van der Waals surface area contributed by atoms with E-state index in [0.29, 0.717) is 29.0 Å². The van der Waals surface area contributed by atoms with Gasteiger partial charge >= 0.3 is 0 Å². The number of benzene rings is 2. The van der Waals surface area contributed by atoms with Crippen molar-refractivity contribution in [1.82, 2.24) is 14.3 Å². The fraction of sp³-hybridized carbons (Fsp3) is 0.136. The van der Waals surface area contributed by atoms with Crippen molar-refractivity contribution in [2.24, 2.45) is 0 Å². The number of nitrogens with zero attached hydrogens (tertiary/aromatic N) is 2. The molecule has 2 aromatic carbocycles. The average Bonchev–Trinajstić information content (AvgIpc) is 3.11. The van der Waals surface area contributed by atoms with Crippen molar-refractivity contribution in [2.45, 2.75) is 18.4 Å². The van der Waals surface area contributed by atoms with E-state index in [4.69, 9.17) is 0 Å². The smallest absolute Gasteiger partial charge is 0.269 e. The SMILES string of the molecule is CNCc1cn(S(=O)(=O)c2cccnc2)c2cc(Nc3cc(F)c(F)cc3C)ccc12. The maximum absolute atomic E-state index is 13.7. The molecule has 0 amide bonds. The molecule has 2 aromatic heterocycles. The molecule has 0 fully saturated rings. The molecule has 160 valence electrons. The maximum Gasteiger partial charge on any atom is 0.269 e. The van der Waals surface area contributed by atoms with E-state index in [1.54, 1.807) is 44.4 Å². The third kappa shape index (κ3) is 3.89. The first-order chi connectivity index (χ1) is 14.8. The van der Waals surface area contributed by atoms with Crippen LogP contribution in [0.3, 0.4) is 0 Å². The van der Waals surface area contributed by atoms with Crippen LogP contribution in [0.15, 0.2) is 66.0 Å². The molecule has 0 bridgehead atoms. The Morgan fingerprint density at radius 2 is 1.87 bits per heavy atom. The zero-order valence-electron chi connectivity index (χ0n) is 16.9. The van der Waals surface area contributed by atoms with Gasteiger partial charge in [-0.3, -0.25) is 4.98 Å². The van der Waals surface area contributed by atoms with E-state index in [1.165, 1.54) is 22.4 Å².